The van der Waals surface area contributed by atoms with E-state index in [1.54, 1.807) is 23.1 Å². The maximum atomic E-state index is 12.1. The van der Waals surface area contributed by atoms with Crippen LogP contribution in [0.25, 0.3) is 0 Å². The number of piperidine rings is 1. The van der Waals surface area contributed by atoms with E-state index in [2.05, 4.69) is 0 Å². The van der Waals surface area contributed by atoms with Gasteiger partial charge in [0, 0.05) is 30.6 Å². The number of carbonyl (C=O) groups excluding carboxylic acids is 2. The van der Waals surface area contributed by atoms with Crippen LogP contribution in [-0.2, 0) is 9.59 Å². The van der Waals surface area contributed by atoms with Crippen molar-refractivity contribution in [2.24, 2.45) is 11.7 Å². The van der Waals surface area contributed by atoms with Crippen LogP contribution in [0.2, 0.25) is 10.0 Å². The average Bonchev–Trinajstić information content (AvgIpc) is 2.48. The van der Waals surface area contributed by atoms with Crippen molar-refractivity contribution < 1.29 is 14.3 Å². The second-order valence-corrected chi connectivity index (χ2v) is 6.20. The van der Waals surface area contributed by atoms with Gasteiger partial charge in [0.05, 0.1) is 5.02 Å². The molecule has 2 N–H and O–H groups in total. The quantitative estimate of drug-likeness (QED) is 0.891. The molecule has 1 aromatic carbocycles. The van der Waals surface area contributed by atoms with Gasteiger partial charge in [-0.3, -0.25) is 9.59 Å². The van der Waals surface area contributed by atoms with Crippen LogP contribution in [0, 0.1) is 5.92 Å². The highest BCUT2D eigenvalue weighted by Gasteiger charge is 2.24. The van der Waals surface area contributed by atoms with E-state index in [4.69, 9.17) is 33.7 Å². The number of nitrogens with zero attached hydrogens (tertiary/aromatic N) is 1. The van der Waals surface area contributed by atoms with Crippen molar-refractivity contribution in [1.82, 2.24) is 4.90 Å². The number of likely N-dealkylation sites (tertiary alicyclic amines) is 1. The lowest BCUT2D eigenvalue weighted by Gasteiger charge is -2.31. The third-order valence-corrected chi connectivity index (χ3v) is 4.25. The van der Waals surface area contributed by atoms with E-state index in [-0.39, 0.29) is 24.3 Å². The Morgan fingerprint density at radius 2 is 1.95 bits per heavy atom. The lowest BCUT2D eigenvalue weighted by molar-refractivity contribution is -0.134. The molecule has 2 amide bonds. The molecule has 7 heteroatoms. The first-order valence-corrected chi connectivity index (χ1v) is 7.85. The van der Waals surface area contributed by atoms with E-state index in [0.717, 1.165) is 12.8 Å². The zero-order chi connectivity index (χ0) is 16.1. The molecule has 1 heterocycles. The van der Waals surface area contributed by atoms with Gasteiger partial charge >= 0.3 is 0 Å². The monoisotopic (exact) mass is 344 g/mol. The summed E-state index contributed by atoms with van der Waals surface area (Å²) in [5.41, 5.74) is 5.19. The zero-order valence-electron chi connectivity index (χ0n) is 12.1. The van der Waals surface area contributed by atoms with Crippen molar-refractivity contribution in [3.05, 3.63) is 28.2 Å². The molecular weight excluding hydrogens is 327 g/mol. The molecule has 120 valence electrons. The van der Waals surface area contributed by atoms with E-state index in [0.29, 0.717) is 35.3 Å². The number of amides is 2. The molecule has 0 aromatic heterocycles. The summed E-state index contributed by atoms with van der Waals surface area (Å²) in [7, 11) is 0. The molecule has 0 unspecified atom stereocenters. The molecule has 0 saturated carbocycles. The Kier molecular flexibility index (Phi) is 5.91. The second-order valence-electron chi connectivity index (χ2n) is 5.36. The predicted octanol–water partition coefficient (Wildman–Crippen LogP) is 2.49. The van der Waals surface area contributed by atoms with Gasteiger partial charge in [0.15, 0.2) is 6.61 Å². The number of benzene rings is 1. The van der Waals surface area contributed by atoms with E-state index in [1.807, 2.05) is 0 Å². The fourth-order valence-electron chi connectivity index (χ4n) is 2.49. The largest absolute Gasteiger partial charge is 0.482 e. The summed E-state index contributed by atoms with van der Waals surface area (Å²) in [6, 6.07) is 4.86. The molecule has 1 aliphatic heterocycles. The lowest BCUT2D eigenvalue weighted by Crippen LogP contribution is -2.41. The number of hydrogen-bond acceptors (Lipinski definition) is 3. The third-order valence-electron chi connectivity index (χ3n) is 3.70. The Labute approximate surface area is 139 Å². The predicted molar refractivity (Wildman–Crippen MR) is 85.1 cm³/mol. The third kappa shape index (κ3) is 4.78. The molecule has 1 fully saturated rings. The number of nitrogens with two attached hydrogens (primary N) is 1. The maximum absolute atomic E-state index is 12.1. The number of hydrogen-bond donors (Lipinski definition) is 1. The molecule has 1 aliphatic rings. The van der Waals surface area contributed by atoms with Crippen LogP contribution in [0.5, 0.6) is 5.75 Å². The first-order chi connectivity index (χ1) is 10.5. The average molecular weight is 345 g/mol. The molecule has 22 heavy (non-hydrogen) atoms. The smallest absolute Gasteiger partial charge is 0.260 e. The normalized spacial score (nSPS) is 15.6. The molecule has 0 aliphatic carbocycles. The number of halogens is 2. The first kappa shape index (κ1) is 16.9. The van der Waals surface area contributed by atoms with E-state index >= 15 is 0 Å². The molecule has 2 rings (SSSR count). The molecule has 0 radical (unpaired) electrons. The molecule has 0 spiro atoms. The Morgan fingerprint density at radius 3 is 2.59 bits per heavy atom. The van der Waals surface area contributed by atoms with Crippen molar-refractivity contribution in [1.29, 1.82) is 0 Å². The minimum absolute atomic E-state index is 0.0828. The topological polar surface area (TPSA) is 72.6 Å². The lowest BCUT2D eigenvalue weighted by atomic mass is 9.93. The Balaban J connectivity index is 1.81. The SMILES string of the molecule is NC(=O)CC1CCN(C(=O)COc2cc(Cl)ccc2Cl)CC1. The number of primary amides is 1. The van der Waals surface area contributed by atoms with Crippen molar-refractivity contribution in [3.8, 4) is 5.75 Å². The summed E-state index contributed by atoms with van der Waals surface area (Å²) in [6.07, 6.45) is 1.95. The Morgan fingerprint density at radius 1 is 1.27 bits per heavy atom. The highest BCUT2D eigenvalue weighted by atomic mass is 35.5. The highest BCUT2D eigenvalue weighted by molar-refractivity contribution is 6.34. The van der Waals surface area contributed by atoms with Crippen LogP contribution < -0.4 is 10.5 Å². The Hall–Kier alpha value is -1.46. The molecule has 0 atom stereocenters. The van der Waals surface area contributed by atoms with E-state index in [1.165, 1.54) is 0 Å². The van der Waals surface area contributed by atoms with Gasteiger partial charge in [-0.15, -0.1) is 0 Å². The van der Waals surface area contributed by atoms with Gasteiger partial charge in [0.2, 0.25) is 5.91 Å². The summed E-state index contributed by atoms with van der Waals surface area (Å²) >= 11 is 11.8. The number of carbonyl (C=O) groups is 2. The highest BCUT2D eigenvalue weighted by Crippen LogP contribution is 2.28. The van der Waals surface area contributed by atoms with Crippen molar-refractivity contribution in [2.75, 3.05) is 19.7 Å². The van der Waals surface area contributed by atoms with Gasteiger partial charge in [0.25, 0.3) is 5.91 Å². The summed E-state index contributed by atoms with van der Waals surface area (Å²) in [5.74, 6) is 0.272. The first-order valence-electron chi connectivity index (χ1n) is 7.09. The minimum atomic E-state index is -0.288. The standard InChI is InChI=1S/C15H18Cl2N2O3/c16-11-1-2-12(17)13(8-11)22-9-15(21)19-5-3-10(4-6-19)7-14(18)20/h1-2,8,10H,3-7,9H2,(H2,18,20). The second kappa shape index (κ2) is 7.70. The molecule has 5 nitrogen and oxygen atoms in total. The van der Waals surface area contributed by atoms with Crippen LogP contribution >= 0.6 is 23.2 Å². The van der Waals surface area contributed by atoms with Crippen molar-refractivity contribution in [2.45, 2.75) is 19.3 Å². The maximum Gasteiger partial charge on any atom is 0.260 e. The van der Waals surface area contributed by atoms with Crippen LogP contribution in [0.4, 0.5) is 0 Å². The van der Waals surface area contributed by atoms with Gasteiger partial charge in [-0.2, -0.15) is 0 Å². The molecular formula is C15H18Cl2N2O3. The molecule has 0 bridgehead atoms. The number of rotatable bonds is 5. The molecule has 1 saturated heterocycles. The summed E-state index contributed by atoms with van der Waals surface area (Å²) in [5, 5.41) is 0.913. The summed E-state index contributed by atoms with van der Waals surface area (Å²) in [4.78, 5) is 24.8. The van der Waals surface area contributed by atoms with E-state index in [9.17, 15) is 9.59 Å². The van der Waals surface area contributed by atoms with Gasteiger partial charge < -0.3 is 15.4 Å². The zero-order valence-corrected chi connectivity index (χ0v) is 13.6. The number of ether oxygens (including phenoxy) is 1. The van der Waals surface area contributed by atoms with Crippen LogP contribution in [0.15, 0.2) is 18.2 Å². The van der Waals surface area contributed by atoms with Crippen LogP contribution in [-0.4, -0.2) is 36.4 Å². The van der Waals surface area contributed by atoms with Gasteiger partial charge in [0.1, 0.15) is 5.75 Å². The fourth-order valence-corrected chi connectivity index (χ4v) is 2.82. The summed E-state index contributed by atoms with van der Waals surface area (Å²) in [6.45, 7) is 1.15. The van der Waals surface area contributed by atoms with Gasteiger partial charge in [-0.05, 0) is 30.9 Å². The summed E-state index contributed by atoms with van der Waals surface area (Å²) < 4.78 is 5.44. The van der Waals surface area contributed by atoms with Gasteiger partial charge in [-0.1, -0.05) is 23.2 Å². The van der Waals surface area contributed by atoms with Crippen molar-refractivity contribution in [3.63, 3.8) is 0 Å². The fraction of sp³-hybridized carbons (Fsp3) is 0.467. The van der Waals surface area contributed by atoms with Crippen molar-refractivity contribution >= 4 is 35.0 Å². The molecule has 1 aromatic rings. The van der Waals surface area contributed by atoms with Gasteiger partial charge in [-0.25, -0.2) is 0 Å². The van der Waals surface area contributed by atoms with Crippen LogP contribution in [0.1, 0.15) is 19.3 Å². The van der Waals surface area contributed by atoms with E-state index < -0.39 is 0 Å². The Bertz CT molecular complexity index is 558. The van der Waals surface area contributed by atoms with Crippen LogP contribution in [0.3, 0.4) is 0 Å². The minimum Gasteiger partial charge on any atom is -0.482 e.